The topological polar surface area (TPSA) is 105 Å². The number of rotatable bonds is 6. The van der Waals surface area contributed by atoms with Gasteiger partial charge < -0.3 is 19.8 Å². The van der Waals surface area contributed by atoms with Gasteiger partial charge in [0.25, 0.3) is 0 Å². The van der Waals surface area contributed by atoms with Crippen molar-refractivity contribution in [2.75, 3.05) is 13.7 Å². The summed E-state index contributed by atoms with van der Waals surface area (Å²) in [5.74, 6) is 1.23. The van der Waals surface area contributed by atoms with Gasteiger partial charge in [0.05, 0.1) is 6.61 Å². The van der Waals surface area contributed by atoms with Crippen molar-refractivity contribution in [3.63, 3.8) is 0 Å². The molecule has 0 radical (unpaired) electrons. The van der Waals surface area contributed by atoms with Crippen molar-refractivity contribution in [3.05, 3.63) is 27.8 Å². The Labute approximate surface area is 216 Å². The molecule has 36 heavy (non-hydrogen) atoms. The third kappa shape index (κ3) is 4.39. The molecular weight excluding hydrogens is 477 g/mol. The largest absolute Gasteiger partial charge is 0.469 e. The van der Waals surface area contributed by atoms with Gasteiger partial charge >= 0.3 is 13.8 Å². The van der Waals surface area contributed by atoms with Gasteiger partial charge in [0.15, 0.2) is 0 Å². The highest BCUT2D eigenvalue weighted by atomic mass is 31.2. The van der Waals surface area contributed by atoms with Gasteiger partial charge in [0.1, 0.15) is 11.8 Å². The molecule has 2 fully saturated rings. The number of ether oxygens (including phenoxy) is 1. The number of esters is 1. The molecule has 1 aromatic rings. The lowest BCUT2D eigenvalue weighted by Gasteiger charge is -2.61. The molecule has 0 heterocycles. The van der Waals surface area contributed by atoms with Crippen LogP contribution in [0.2, 0.25) is 0 Å². The summed E-state index contributed by atoms with van der Waals surface area (Å²) in [7, 11) is -3.15. The minimum absolute atomic E-state index is 0.112. The maximum Gasteiger partial charge on any atom is 0.469 e. The summed E-state index contributed by atoms with van der Waals surface area (Å²) in [4.78, 5) is 31.1. The molecule has 0 amide bonds. The Balaban J connectivity index is 1.70. The molecular formula is C28H44NO6P. The second-order valence-electron chi connectivity index (χ2n) is 12.7. The third-order valence-electron chi connectivity index (χ3n) is 10.4. The molecule has 202 valence electrons. The Hall–Kier alpha value is -1.24. The summed E-state index contributed by atoms with van der Waals surface area (Å²) in [6.45, 7) is 15.7. The van der Waals surface area contributed by atoms with Crippen LogP contribution in [0, 0.1) is 43.4 Å². The molecule has 3 unspecified atom stereocenters. The molecule has 4 rings (SSSR count). The van der Waals surface area contributed by atoms with Crippen LogP contribution in [0.3, 0.4) is 0 Å². The lowest BCUT2D eigenvalue weighted by atomic mass is 9.43. The Morgan fingerprint density at radius 2 is 1.72 bits per heavy atom. The average Bonchev–Trinajstić information content (AvgIpc) is 3.09. The second-order valence-corrected chi connectivity index (χ2v) is 14.0. The van der Waals surface area contributed by atoms with Crippen LogP contribution in [0.5, 0.6) is 5.75 Å². The molecule has 5 atom stereocenters. The maximum atomic E-state index is 13.0. The number of carbonyl (C=O) groups is 1. The number of hydrogen-bond donors (Lipinski definition) is 3. The van der Waals surface area contributed by atoms with E-state index in [2.05, 4.69) is 51.4 Å². The van der Waals surface area contributed by atoms with E-state index in [-0.39, 0.29) is 10.8 Å². The Morgan fingerprint density at radius 1 is 1.06 bits per heavy atom. The summed E-state index contributed by atoms with van der Waals surface area (Å²) >= 11 is 0. The molecule has 0 aromatic heterocycles. The van der Waals surface area contributed by atoms with Crippen molar-refractivity contribution >= 4 is 13.8 Å². The van der Waals surface area contributed by atoms with Crippen molar-refractivity contribution in [2.45, 2.75) is 98.4 Å². The van der Waals surface area contributed by atoms with Crippen molar-refractivity contribution in [2.24, 2.45) is 22.7 Å². The summed E-state index contributed by atoms with van der Waals surface area (Å²) in [6.07, 6.45) is 7.31. The van der Waals surface area contributed by atoms with Crippen LogP contribution in [0.4, 0.5) is 0 Å². The number of carbonyl (C=O) groups excluding carboxylic acids is 1. The standard InChI is InChI=1S/C28H44NO6P/c1-16-17(2)24(35-25(30)20(29-8)15-34-36(31,32)33)18(3)19-14-22-27(6)12-9-11-26(4,5)21(27)10-13-28(22,7)23(16)19/h20-22,29H,9-15H2,1-8H3,(H2,31,32,33)/t20?,21?,22-,27+,28?/m1/s1. The molecule has 7 nitrogen and oxygen atoms in total. The van der Waals surface area contributed by atoms with Crippen LogP contribution < -0.4 is 10.1 Å². The summed E-state index contributed by atoms with van der Waals surface area (Å²) < 4.78 is 21.6. The molecule has 2 saturated carbocycles. The SMILES string of the molecule is CNC(COP(=O)(O)O)C(=O)Oc1c(C)c(C)c2c(c1C)C[C@H]1C2(C)CCC2C(C)(C)CCC[C@@]21C. The fourth-order valence-corrected chi connectivity index (χ4v) is 8.94. The number of hydrogen-bond acceptors (Lipinski definition) is 5. The molecule has 0 bridgehead atoms. The van der Waals surface area contributed by atoms with Crippen molar-refractivity contribution in [3.8, 4) is 5.75 Å². The van der Waals surface area contributed by atoms with E-state index in [0.717, 1.165) is 23.5 Å². The molecule has 0 aliphatic heterocycles. The number of likely N-dealkylation sites (N-methyl/N-ethyl adjacent to an activating group) is 1. The first-order valence-electron chi connectivity index (χ1n) is 13.3. The minimum atomic E-state index is -4.69. The number of phosphoric ester groups is 1. The lowest BCUT2D eigenvalue weighted by Crippen LogP contribution is -2.55. The number of fused-ring (bicyclic) bond motifs is 5. The van der Waals surface area contributed by atoms with Gasteiger partial charge in [-0.25, -0.2) is 9.36 Å². The van der Waals surface area contributed by atoms with E-state index in [1.165, 1.54) is 55.8 Å². The number of phosphoric acid groups is 1. The molecule has 3 N–H and O–H groups in total. The van der Waals surface area contributed by atoms with E-state index >= 15 is 0 Å². The molecule has 1 aromatic carbocycles. The van der Waals surface area contributed by atoms with Crippen molar-refractivity contribution in [1.29, 1.82) is 0 Å². The zero-order chi connectivity index (χ0) is 26.8. The second kappa shape index (κ2) is 9.20. The monoisotopic (exact) mass is 521 g/mol. The summed E-state index contributed by atoms with van der Waals surface area (Å²) in [5, 5.41) is 2.75. The van der Waals surface area contributed by atoms with Gasteiger partial charge in [-0.05, 0) is 116 Å². The number of nitrogens with one attached hydrogen (secondary N) is 1. The van der Waals surface area contributed by atoms with E-state index in [9.17, 15) is 9.36 Å². The van der Waals surface area contributed by atoms with Crippen LogP contribution in [0.25, 0.3) is 0 Å². The first kappa shape index (κ1) is 27.8. The Morgan fingerprint density at radius 3 is 2.33 bits per heavy atom. The molecule has 3 aliphatic rings. The van der Waals surface area contributed by atoms with Crippen molar-refractivity contribution < 1.29 is 28.4 Å². The van der Waals surface area contributed by atoms with E-state index < -0.39 is 26.4 Å². The van der Waals surface area contributed by atoms with Crippen LogP contribution in [0.1, 0.15) is 87.6 Å². The summed E-state index contributed by atoms with van der Waals surface area (Å²) in [5.41, 5.74) is 6.72. The normalized spacial score (nSPS) is 31.8. The van der Waals surface area contributed by atoms with Crippen molar-refractivity contribution in [1.82, 2.24) is 5.32 Å². The predicted octanol–water partition coefficient (Wildman–Crippen LogP) is 5.27. The van der Waals surface area contributed by atoms with Crippen LogP contribution in [-0.2, 0) is 25.7 Å². The van der Waals surface area contributed by atoms with E-state index in [0.29, 0.717) is 17.1 Å². The first-order valence-corrected chi connectivity index (χ1v) is 14.8. The highest BCUT2D eigenvalue weighted by Crippen LogP contribution is 2.68. The molecule has 0 saturated heterocycles. The predicted molar refractivity (Wildman–Crippen MR) is 140 cm³/mol. The third-order valence-corrected chi connectivity index (χ3v) is 10.9. The maximum absolute atomic E-state index is 13.0. The summed E-state index contributed by atoms with van der Waals surface area (Å²) in [6, 6.07) is -0.991. The first-order chi connectivity index (χ1) is 16.6. The van der Waals surface area contributed by atoms with Gasteiger partial charge in [-0.1, -0.05) is 34.1 Å². The lowest BCUT2D eigenvalue weighted by molar-refractivity contribution is -0.137. The van der Waals surface area contributed by atoms with Gasteiger partial charge in [-0.2, -0.15) is 0 Å². The zero-order valence-corrected chi connectivity index (χ0v) is 24.1. The van der Waals surface area contributed by atoms with E-state index in [1.807, 2.05) is 6.92 Å². The Bertz CT molecular complexity index is 1110. The average molecular weight is 522 g/mol. The highest BCUT2D eigenvalue weighted by molar-refractivity contribution is 7.46. The van der Waals surface area contributed by atoms with Gasteiger partial charge in [0, 0.05) is 0 Å². The Kier molecular flexibility index (Phi) is 7.10. The van der Waals surface area contributed by atoms with E-state index in [4.69, 9.17) is 14.5 Å². The van der Waals surface area contributed by atoms with E-state index in [1.54, 1.807) is 0 Å². The van der Waals surface area contributed by atoms with Gasteiger partial charge in [-0.3, -0.25) is 4.52 Å². The van der Waals surface area contributed by atoms with Crippen LogP contribution in [-0.4, -0.2) is 35.5 Å². The molecule has 0 spiro atoms. The van der Waals surface area contributed by atoms with Gasteiger partial charge in [-0.15, -0.1) is 0 Å². The number of benzene rings is 1. The fraction of sp³-hybridized carbons (Fsp3) is 0.750. The quantitative estimate of drug-likeness (QED) is 0.266. The van der Waals surface area contributed by atoms with Crippen LogP contribution >= 0.6 is 7.82 Å². The molecule has 8 heteroatoms. The van der Waals surface area contributed by atoms with Crippen LogP contribution in [0.15, 0.2) is 0 Å². The highest BCUT2D eigenvalue weighted by Gasteiger charge is 2.61. The zero-order valence-electron chi connectivity index (χ0n) is 23.2. The molecule has 3 aliphatic carbocycles. The smallest absolute Gasteiger partial charge is 0.425 e. The fourth-order valence-electron chi connectivity index (χ4n) is 8.60. The van der Waals surface area contributed by atoms with Gasteiger partial charge in [0.2, 0.25) is 0 Å². The minimum Gasteiger partial charge on any atom is -0.425 e.